The van der Waals surface area contributed by atoms with Crippen molar-refractivity contribution in [2.24, 2.45) is 0 Å². The van der Waals surface area contributed by atoms with E-state index < -0.39 is 12.1 Å². The Kier molecular flexibility index (Phi) is 3.67. The molecule has 0 aromatic rings. The lowest BCUT2D eigenvalue weighted by molar-refractivity contribution is -0.165. The van der Waals surface area contributed by atoms with Gasteiger partial charge in [-0.3, -0.25) is 19.3 Å². The lowest BCUT2D eigenvalue weighted by Crippen LogP contribution is -2.63. The van der Waals surface area contributed by atoms with E-state index in [9.17, 15) is 14.4 Å². The zero-order valence-electron chi connectivity index (χ0n) is 10.2. The van der Waals surface area contributed by atoms with Crippen molar-refractivity contribution < 1.29 is 14.4 Å². The summed E-state index contributed by atoms with van der Waals surface area (Å²) >= 11 is 0. The van der Waals surface area contributed by atoms with Crippen molar-refractivity contribution in [3.63, 3.8) is 0 Å². The van der Waals surface area contributed by atoms with Gasteiger partial charge in [0.15, 0.2) is 0 Å². The molecule has 1 heterocycles. The van der Waals surface area contributed by atoms with Crippen LogP contribution in [0.5, 0.6) is 0 Å². The van der Waals surface area contributed by atoms with Crippen LogP contribution in [0.3, 0.4) is 0 Å². The van der Waals surface area contributed by atoms with Gasteiger partial charge in [-0.05, 0) is 13.3 Å². The Morgan fingerprint density at radius 1 is 1.31 bits per heavy atom. The number of carbonyl (C=O) groups excluding carboxylic acids is 3. The summed E-state index contributed by atoms with van der Waals surface area (Å²) in [6.45, 7) is 4.85. The van der Waals surface area contributed by atoms with Crippen molar-refractivity contribution in [3.05, 3.63) is 0 Å². The van der Waals surface area contributed by atoms with Crippen molar-refractivity contribution in [2.45, 2.75) is 45.7 Å². The first-order valence-corrected chi connectivity index (χ1v) is 5.52. The third-order valence-corrected chi connectivity index (χ3v) is 2.98. The zero-order valence-corrected chi connectivity index (χ0v) is 10.2. The van der Waals surface area contributed by atoms with Gasteiger partial charge in [0.2, 0.25) is 11.8 Å². The number of amides is 3. The Morgan fingerprint density at radius 2 is 1.88 bits per heavy atom. The maximum atomic E-state index is 12.0. The largest absolute Gasteiger partial charge is 0.332 e. The summed E-state index contributed by atoms with van der Waals surface area (Å²) in [5.74, 6) is -0.794. The van der Waals surface area contributed by atoms with Crippen LogP contribution < -0.4 is 0 Å². The number of nitrogens with zero attached hydrogens (tertiary/aromatic N) is 2. The Labute approximate surface area is 95.4 Å². The molecule has 2 atom stereocenters. The third kappa shape index (κ3) is 1.94. The fourth-order valence-electron chi connectivity index (χ4n) is 2.09. The summed E-state index contributed by atoms with van der Waals surface area (Å²) in [7, 11) is 1.62. The van der Waals surface area contributed by atoms with Gasteiger partial charge in [-0.2, -0.15) is 0 Å². The molecular weight excluding hydrogens is 208 g/mol. The third-order valence-electron chi connectivity index (χ3n) is 2.98. The van der Waals surface area contributed by atoms with E-state index >= 15 is 0 Å². The van der Waals surface area contributed by atoms with E-state index in [4.69, 9.17) is 0 Å². The number of rotatable bonds is 2. The van der Waals surface area contributed by atoms with E-state index in [1.165, 1.54) is 11.8 Å². The molecule has 1 fully saturated rings. The van der Waals surface area contributed by atoms with E-state index in [1.54, 1.807) is 14.0 Å². The van der Waals surface area contributed by atoms with E-state index in [1.807, 2.05) is 6.92 Å². The van der Waals surface area contributed by atoms with Gasteiger partial charge in [-0.15, -0.1) is 0 Å². The standard InChI is InChI=1S/C11H18N2O3/c1-5-6-9-11(16)13(8(3)14)7(2)10(15)12(9)4/h7,9H,5-6H2,1-4H3/t7-,9-/m0/s1. The summed E-state index contributed by atoms with van der Waals surface area (Å²) in [6.07, 6.45) is 1.39. The minimum Gasteiger partial charge on any atom is -0.332 e. The molecule has 1 aliphatic rings. The number of hydrogen-bond acceptors (Lipinski definition) is 3. The maximum absolute atomic E-state index is 12.0. The highest BCUT2D eigenvalue weighted by Crippen LogP contribution is 2.19. The monoisotopic (exact) mass is 226 g/mol. The van der Waals surface area contributed by atoms with Crippen LogP contribution >= 0.6 is 0 Å². The summed E-state index contributed by atoms with van der Waals surface area (Å²) in [5, 5.41) is 0. The molecule has 1 aliphatic heterocycles. The molecule has 1 saturated heterocycles. The second-order valence-corrected chi connectivity index (χ2v) is 4.16. The van der Waals surface area contributed by atoms with Gasteiger partial charge in [-0.25, -0.2) is 0 Å². The Morgan fingerprint density at radius 3 is 2.31 bits per heavy atom. The normalized spacial score (nSPS) is 26.2. The predicted molar refractivity (Wildman–Crippen MR) is 58.5 cm³/mol. The van der Waals surface area contributed by atoms with Gasteiger partial charge in [-0.1, -0.05) is 13.3 Å². The van der Waals surface area contributed by atoms with Crippen molar-refractivity contribution in [2.75, 3.05) is 7.05 Å². The molecule has 0 N–H and O–H groups in total. The van der Waals surface area contributed by atoms with Crippen LogP contribution in [-0.2, 0) is 14.4 Å². The molecule has 0 unspecified atom stereocenters. The van der Waals surface area contributed by atoms with Crippen molar-refractivity contribution >= 4 is 17.7 Å². The van der Waals surface area contributed by atoms with E-state index in [-0.39, 0.29) is 17.7 Å². The highest BCUT2D eigenvalue weighted by Gasteiger charge is 2.43. The van der Waals surface area contributed by atoms with Gasteiger partial charge < -0.3 is 4.90 Å². The lowest BCUT2D eigenvalue weighted by atomic mass is 10.0. The fraction of sp³-hybridized carbons (Fsp3) is 0.727. The van der Waals surface area contributed by atoms with Crippen LogP contribution in [0.15, 0.2) is 0 Å². The average Bonchev–Trinajstić information content (AvgIpc) is 2.21. The number of hydrogen-bond donors (Lipinski definition) is 0. The molecule has 0 saturated carbocycles. The van der Waals surface area contributed by atoms with Gasteiger partial charge in [0.1, 0.15) is 12.1 Å². The number of imide groups is 1. The van der Waals surface area contributed by atoms with E-state index in [0.29, 0.717) is 6.42 Å². The Bertz CT molecular complexity index is 327. The van der Waals surface area contributed by atoms with Crippen molar-refractivity contribution in [3.8, 4) is 0 Å². The molecular formula is C11H18N2O3. The van der Waals surface area contributed by atoms with Gasteiger partial charge in [0.25, 0.3) is 5.91 Å². The SMILES string of the molecule is CCC[C@H]1C(=O)N(C(C)=O)[C@@H](C)C(=O)N1C. The van der Waals surface area contributed by atoms with Gasteiger partial charge in [0, 0.05) is 14.0 Å². The van der Waals surface area contributed by atoms with Crippen LogP contribution in [0, 0.1) is 0 Å². The minimum absolute atomic E-state index is 0.173. The molecule has 0 spiro atoms. The average molecular weight is 226 g/mol. The molecule has 5 heteroatoms. The maximum Gasteiger partial charge on any atom is 0.252 e. The second-order valence-electron chi connectivity index (χ2n) is 4.16. The number of carbonyl (C=O) groups is 3. The first-order valence-electron chi connectivity index (χ1n) is 5.52. The Balaban J connectivity index is 3.02. The number of likely N-dealkylation sites (N-methyl/N-ethyl adjacent to an activating group) is 1. The van der Waals surface area contributed by atoms with Crippen LogP contribution in [0.1, 0.15) is 33.6 Å². The van der Waals surface area contributed by atoms with Crippen LogP contribution in [0.4, 0.5) is 0 Å². The fourth-order valence-corrected chi connectivity index (χ4v) is 2.09. The molecule has 0 aromatic heterocycles. The van der Waals surface area contributed by atoms with Crippen LogP contribution in [-0.4, -0.2) is 46.7 Å². The van der Waals surface area contributed by atoms with Crippen LogP contribution in [0.25, 0.3) is 0 Å². The molecule has 0 aromatic carbocycles. The highest BCUT2D eigenvalue weighted by molar-refractivity contribution is 6.05. The molecule has 1 rings (SSSR count). The van der Waals surface area contributed by atoms with E-state index in [0.717, 1.165) is 11.3 Å². The molecule has 0 radical (unpaired) electrons. The zero-order chi connectivity index (χ0) is 12.5. The molecule has 3 amide bonds. The first kappa shape index (κ1) is 12.7. The summed E-state index contributed by atoms with van der Waals surface area (Å²) in [4.78, 5) is 37.8. The Hall–Kier alpha value is -1.39. The topological polar surface area (TPSA) is 57.7 Å². The quantitative estimate of drug-likeness (QED) is 0.684. The molecule has 16 heavy (non-hydrogen) atoms. The summed E-state index contributed by atoms with van der Waals surface area (Å²) < 4.78 is 0. The molecule has 0 aliphatic carbocycles. The van der Waals surface area contributed by atoms with Gasteiger partial charge in [0.05, 0.1) is 0 Å². The molecule has 90 valence electrons. The smallest absolute Gasteiger partial charge is 0.252 e. The van der Waals surface area contributed by atoms with Crippen molar-refractivity contribution in [1.29, 1.82) is 0 Å². The van der Waals surface area contributed by atoms with Gasteiger partial charge >= 0.3 is 0 Å². The minimum atomic E-state index is -0.678. The predicted octanol–water partition coefficient (Wildman–Crippen LogP) is 0.391. The summed E-state index contributed by atoms with van der Waals surface area (Å²) in [5.41, 5.74) is 0. The summed E-state index contributed by atoms with van der Waals surface area (Å²) in [6, 6.07) is -1.17. The number of piperazine rings is 1. The van der Waals surface area contributed by atoms with E-state index in [2.05, 4.69) is 0 Å². The molecule has 0 bridgehead atoms. The van der Waals surface area contributed by atoms with Crippen LogP contribution in [0.2, 0.25) is 0 Å². The molecule has 5 nitrogen and oxygen atoms in total. The highest BCUT2D eigenvalue weighted by atomic mass is 16.2. The first-order chi connectivity index (χ1) is 7.41. The van der Waals surface area contributed by atoms with Crippen molar-refractivity contribution in [1.82, 2.24) is 9.80 Å². The second kappa shape index (κ2) is 4.63. The lowest BCUT2D eigenvalue weighted by Gasteiger charge is -2.40.